The smallest absolute Gasteiger partial charge is 0.231 e. The molecule has 0 unspecified atom stereocenters. The van der Waals surface area contributed by atoms with Crippen LogP contribution in [0.15, 0.2) is 29.8 Å². The monoisotopic (exact) mass is 347 g/mol. The van der Waals surface area contributed by atoms with Gasteiger partial charge in [0.1, 0.15) is 0 Å². The van der Waals surface area contributed by atoms with Crippen molar-refractivity contribution in [2.45, 2.75) is 38.8 Å². The van der Waals surface area contributed by atoms with E-state index in [0.717, 1.165) is 17.7 Å². The van der Waals surface area contributed by atoms with E-state index in [2.05, 4.69) is 5.32 Å². The lowest BCUT2D eigenvalue weighted by Crippen LogP contribution is -2.51. The van der Waals surface area contributed by atoms with Crippen molar-refractivity contribution < 1.29 is 23.7 Å². The van der Waals surface area contributed by atoms with E-state index in [1.165, 1.54) is 5.57 Å². The minimum Gasteiger partial charge on any atom is -0.454 e. The Morgan fingerprint density at radius 1 is 1.32 bits per heavy atom. The standard InChI is InChI=1S/C19H25NO5/c1-13(2)5-8-23-16-6-7-22-11-15(16)20-19(21)10-14-3-4-17-18(9-14)25-12-24-17/h3-5,9,15-16H,6-8,10-12H2,1-2H3,(H,20,21)/t15-,16+/m0/s1. The first-order valence-electron chi connectivity index (χ1n) is 8.62. The number of fused-ring (bicyclic) bond motifs is 1. The number of hydrogen-bond donors (Lipinski definition) is 1. The first-order chi connectivity index (χ1) is 12.1. The van der Waals surface area contributed by atoms with Gasteiger partial charge in [0.15, 0.2) is 11.5 Å². The molecule has 0 spiro atoms. The van der Waals surface area contributed by atoms with Crippen LogP contribution < -0.4 is 14.8 Å². The molecule has 1 amide bonds. The fraction of sp³-hybridized carbons (Fsp3) is 0.526. The SMILES string of the molecule is CC(C)=CCO[C@@H]1CCOC[C@@H]1NC(=O)Cc1ccc2c(c1)OCO2. The van der Waals surface area contributed by atoms with Crippen LogP contribution in [0.5, 0.6) is 11.5 Å². The molecule has 1 saturated heterocycles. The van der Waals surface area contributed by atoms with Crippen molar-refractivity contribution >= 4 is 5.91 Å². The highest BCUT2D eigenvalue weighted by Crippen LogP contribution is 2.32. The average Bonchev–Trinajstić information content (AvgIpc) is 3.03. The molecule has 1 N–H and O–H groups in total. The van der Waals surface area contributed by atoms with E-state index < -0.39 is 0 Å². The molecule has 2 atom stereocenters. The van der Waals surface area contributed by atoms with E-state index in [9.17, 15) is 4.79 Å². The molecular weight excluding hydrogens is 322 g/mol. The van der Waals surface area contributed by atoms with Gasteiger partial charge in [0.25, 0.3) is 0 Å². The van der Waals surface area contributed by atoms with Crippen molar-refractivity contribution in [3.05, 3.63) is 35.4 Å². The third-order valence-electron chi connectivity index (χ3n) is 4.24. The van der Waals surface area contributed by atoms with Crippen molar-refractivity contribution in [3.8, 4) is 11.5 Å². The number of benzene rings is 1. The number of amides is 1. The molecule has 136 valence electrons. The number of carbonyl (C=O) groups is 1. The van der Waals surface area contributed by atoms with E-state index in [-0.39, 0.29) is 31.3 Å². The fourth-order valence-electron chi connectivity index (χ4n) is 2.88. The summed E-state index contributed by atoms with van der Waals surface area (Å²) in [4.78, 5) is 12.4. The zero-order valence-electron chi connectivity index (χ0n) is 14.7. The number of carbonyl (C=O) groups excluding carboxylic acids is 1. The molecule has 0 radical (unpaired) electrons. The first kappa shape index (κ1) is 17.8. The summed E-state index contributed by atoms with van der Waals surface area (Å²) in [6.07, 6.45) is 3.09. The van der Waals surface area contributed by atoms with Gasteiger partial charge in [0, 0.05) is 6.61 Å². The summed E-state index contributed by atoms with van der Waals surface area (Å²) in [7, 11) is 0. The summed E-state index contributed by atoms with van der Waals surface area (Å²) in [5.41, 5.74) is 2.11. The number of allylic oxidation sites excluding steroid dienone is 1. The largest absolute Gasteiger partial charge is 0.454 e. The van der Waals surface area contributed by atoms with E-state index in [1.807, 2.05) is 38.1 Å². The van der Waals surface area contributed by atoms with Gasteiger partial charge >= 0.3 is 0 Å². The van der Waals surface area contributed by atoms with Crippen LogP contribution in [0.1, 0.15) is 25.8 Å². The van der Waals surface area contributed by atoms with Crippen LogP contribution in [0, 0.1) is 0 Å². The zero-order chi connectivity index (χ0) is 17.6. The van der Waals surface area contributed by atoms with Crippen molar-refractivity contribution in [2.24, 2.45) is 0 Å². The van der Waals surface area contributed by atoms with Gasteiger partial charge in [-0.3, -0.25) is 4.79 Å². The second kappa shape index (κ2) is 8.36. The molecular formula is C19H25NO5. The van der Waals surface area contributed by atoms with Gasteiger partial charge < -0.3 is 24.3 Å². The molecule has 6 nitrogen and oxygen atoms in total. The van der Waals surface area contributed by atoms with Gasteiger partial charge in [0.05, 0.1) is 31.8 Å². The number of nitrogens with one attached hydrogen (secondary N) is 1. The van der Waals surface area contributed by atoms with Crippen molar-refractivity contribution in [2.75, 3.05) is 26.6 Å². The molecule has 1 aromatic rings. The number of rotatable bonds is 6. The Kier molecular flexibility index (Phi) is 5.94. The van der Waals surface area contributed by atoms with E-state index in [1.54, 1.807) is 0 Å². The maximum atomic E-state index is 12.4. The molecule has 2 heterocycles. The molecule has 2 aliphatic heterocycles. The summed E-state index contributed by atoms with van der Waals surface area (Å²) in [5.74, 6) is 1.36. The minimum absolute atomic E-state index is 0.0231. The summed E-state index contributed by atoms with van der Waals surface area (Å²) >= 11 is 0. The Morgan fingerprint density at radius 3 is 3.00 bits per heavy atom. The highest BCUT2D eigenvalue weighted by Gasteiger charge is 2.27. The average molecular weight is 347 g/mol. The molecule has 1 aromatic carbocycles. The van der Waals surface area contributed by atoms with Crippen molar-refractivity contribution in [1.29, 1.82) is 0 Å². The Balaban J connectivity index is 1.54. The van der Waals surface area contributed by atoms with Crippen LogP contribution in [-0.2, 0) is 20.7 Å². The van der Waals surface area contributed by atoms with Gasteiger partial charge in [-0.05, 0) is 38.0 Å². The Hall–Kier alpha value is -2.05. The van der Waals surface area contributed by atoms with E-state index in [0.29, 0.717) is 25.6 Å². The molecule has 0 saturated carbocycles. The lowest BCUT2D eigenvalue weighted by Gasteiger charge is -2.32. The maximum Gasteiger partial charge on any atom is 0.231 e. The van der Waals surface area contributed by atoms with E-state index >= 15 is 0 Å². The fourth-order valence-corrected chi connectivity index (χ4v) is 2.88. The second-order valence-electron chi connectivity index (χ2n) is 6.56. The molecule has 3 rings (SSSR count). The predicted octanol–water partition coefficient (Wildman–Crippen LogP) is 2.21. The van der Waals surface area contributed by atoms with Crippen molar-refractivity contribution in [3.63, 3.8) is 0 Å². The van der Waals surface area contributed by atoms with Gasteiger partial charge in [-0.25, -0.2) is 0 Å². The van der Waals surface area contributed by atoms with Gasteiger partial charge in [-0.1, -0.05) is 17.7 Å². The first-order valence-corrected chi connectivity index (χ1v) is 8.62. The molecule has 6 heteroatoms. The number of hydrogen-bond acceptors (Lipinski definition) is 5. The Bertz CT molecular complexity index is 639. The van der Waals surface area contributed by atoms with Crippen LogP contribution in [0.3, 0.4) is 0 Å². The zero-order valence-corrected chi connectivity index (χ0v) is 14.7. The summed E-state index contributed by atoms with van der Waals surface area (Å²) < 4.78 is 22.1. The number of ether oxygens (including phenoxy) is 4. The summed E-state index contributed by atoms with van der Waals surface area (Å²) in [6.45, 7) is 6.01. The van der Waals surface area contributed by atoms with Crippen LogP contribution in [0.2, 0.25) is 0 Å². The quantitative estimate of drug-likeness (QED) is 0.799. The molecule has 0 aromatic heterocycles. The van der Waals surface area contributed by atoms with Crippen LogP contribution >= 0.6 is 0 Å². The Labute approximate surface area is 148 Å². The van der Waals surface area contributed by atoms with Crippen LogP contribution in [0.4, 0.5) is 0 Å². The molecule has 1 fully saturated rings. The van der Waals surface area contributed by atoms with Gasteiger partial charge in [-0.2, -0.15) is 0 Å². The van der Waals surface area contributed by atoms with Gasteiger partial charge in [-0.15, -0.1) is 0 Å². The lowest BCUT2D eigenvalue weighted by molar-refractivity contribution is -0.125. The van der Waals surface area contributed by atoms with Crippen molar-refractivity contribution in [1.82, 2.24) is 5.32 Å². The minimum atomic E-state index is -0.124. The topological polar surface area (TPSA) is 66.0 Å². The van der Waals surface area contributed by atoms with Crippen LogP contribution in [0.25, 0.3) is 0 Å². The second-order valence-corrected chi connectivity index (χ2v) is 6.56. The Morgan fingerprint density at radius 2 is 2.16 bits per heavy atom. The van der Waals surface area contributed by atoms with Gasteiger partial charge in [0.2, 0.25) is 12.7 Å². The molecule has 25 heavy (non-hydrogen) atoms. The highest BCUT2D eigenvalue weighted by atomic mass is 16.7. The van der Waals surface area contributed by atoms with Crippen LogP contribution in [-0.4, -0.2) is 44.7 Å². The lowest BCUT2D eigenvalue weighted by atomic mass is 10.1. The normalized spacial score (nSPS) is 21.7. The summed E-state index contributed by atoms with van der Waals surface area (Å²) in [5, 5.41) is 3.04. The predicted molar refractivity (Wildman–Crippen MR) is 92.8 cm³/mol. The molecule has 0 aliphatic carbocycles. The maximum absolute atomic E-state index is 12.4. The highest BCUT2D eigenvalue weighted by molar-refractivity contribution is 5.79. The molecule has 0 bridgehead atoms. The summed E-state index contributed by atoms with van der Waals surface area (Å²) in [6, 6.07) is 5.44. The third-order valence-corrected chi connectivity index (χ3v) is 4.24. The molecule has 2 aliphatic rings. The van der Waals surface area contributed by atoms with E-state index in [4.69, 9.17) is 18.9 Å². The third kappa shape index (κ3) is 4.96.